The molecule has 1 amide bonds. The van der Waals surface area contributed by atoms with E-state index in [0.717, 1.165) is 6.42 Å². The highest BCUT2D eigenvalue weighted by atomic mass is 35.5. The van der Waals surface area contributed by atoms with E-state index in [1.807, 2.05) is 21.0 Å². The smallest absolute Gasteiger partial charge is 0.248 e. The van der Waals surface area contributed by atoms with Gasteiger partial charge in [-0.05, 0) is 27.4 Å². The molecule has 0 rings (SSSR count). The van der Waals surface area contributed by atoms with E-state index in [9.17, 15) is 4.79 Å². The summed E-state index contributed by atoms with van der Waals surface area (Å²) in [5, 5.41) is 1.95. The Morgan fingerprint density at radius 1 is 1.57 bits per heavy atom. The van der Waals surface area contributed by atoms with Crippen LogP contribution in [0.2, 0.25) is 0 Å². The highest BCUT2D eigenvalue weighted by molar-refractivity contribution is 6.24. The summed E-state index contributed by atoms with van der Waals surface area (Å²) in [5.41, 5.74) is 0.466. The molecule has 0 heterocycles. The predicted octanol–water partition coefficient (Wildman–Crippen LogP) is 1.93. The molecule has 1 unspecified atom stereocenters. The van der Waals surface area contributed by atoms with E-state index in [2.05, 4.69) is 11.9 Å². The molecule has 0 aromatic rings. The number of hydrogen-bond acceptors (Lipinski definition) is 2. The minimum absolute atomic E-state index is 0.206. The molecule has 0 radical (unpaired) electrons. The molecule has 0 saturated heterocycles. The first kappa shape index (κ1) is 13.5. The first-order chi connectivity index (χ1) is 6.33. The van der Waals surface area contributed by atoms with Crippen molar-refractivity contribution < 1.29 is 4.79 Å². The molecule has 0 aromatic carbocycles. The number of hydrogen-bond donors (Lipinski definition) is 1. The molecule has 0 saturated carbocycles. The summed E-state index contributed by atoms with van der Waals surface area (Å²) in [7, 11) is 3.67. The molecule has 0 aliphatic carbocycles. The highest BCUT2D eigenvalue weighted by Crippen LogP contribution is 2.21. The molecule has 0 bridgehead atoms. The van der Waals surface area contributed by atoms with Gasteiger partial charge >= 0.3 is 0 Å². The number of halogens is 1. The maximum absolute atomic E-state index is 11.4. The van der Waals surface area contributed by atoms with Crippen LogP contribution in [0.1, 0.15) is 26.7 Å². The van der Waals surface area contributed by atoms with E-state index in [0.29, 0.717) is 12.0 Å². The van der Waals surface area contributed by atoms with Crippen molar-refractivity contribution in [2.24, 2.45) is 0 Å². The lowest BCUT2D eigenvalue weighted by Crippen LogP contribution is -2.53. The van der Waals surface area contributed by atoms with Crippen LogP contribution in [0, 0.1) is 0 Å². The van der Waals surface area contributed by atoms with Gasteiger partial charge in [0.1, 0.15) is 0 Å². The third kappa shape index (κ3) is 3.68. The Bertz CT molecular complexity index is 228. The van der Waals surface area contributed by atoms with Crippen molar-refractivity contribution in [2.45, 2.75) is 31.8 Å². The van der Waals surface area contributed by atoms with E-state index in [1.165, 1.54) is 0 Å². The van der Waals surface area contributed by atoms with E-state index in [1.54, 1.807) is 11.8 Å². The van der Waals surface area contributed by atoms with Crippen LogP contribution in [0.25, 0.3) is 0 Å². The number of nitrogens with one attached hydrogen (secondary N) is 1. The SMILES string of the molecule is C=C(C)C(=O)NC(Cl)(CCC)N(C)C. The molecule has 0 fully saturated rings. The third-order valence-corrected chi connectivity index (χ3v) is 2.60. The molecule has 82 valence electrons. The van der Waals surface area contributed by atoms with Crippen molar-refractivity contribution in [1.82, 2.24) is 10.2 Å². The Kier molecular flexibility index (Phi) is 5.16. The zero-order valence-corrected chi connectivity index (χ0v) is 10.1. The summed E-state index contributed by atoms with van der Waals surface area (Å²) >= 11 is 6.27. The van der Waals surface area contributed by atoms with Gasteiger partial charge in [-0.3, -0.25) is 9.69 Å². The van der Waals surface area contributed by atoms with Crippen LogP contribution in [-0.4, -0.2) is 30.0 Å². The van der Waals surface area contributed by atoms with Crippen LogP contribution >= 0.6 is 11.6 Å². The number of nitrogens with zero attached hydrogens (tertiary/aromatic N) is 1. The van der Waals surface area contributed by atoms with Gasteiger partial charge in [0.05, 0.1) is 0 Å². The van der Waals surface area contributed by atoms with Gasteiger partial charge < -0.3 is 5.32 Å². The molecular weight excluding hydrogens is 200 g/mol. The van der Waals surface area contributed by atoms with Crippen LogP contribution in [-0.2, 0) is 4.79 Å². The average molecular weight is 219 g/mol. The van der Waals surface area contributed by atoms with Crippen LogP contribution < -0.4 is 5.32 Å². The van der Waals surface area contributed by atoms with Crippen molar-refractivity contribution in [2.75, 3.05) is 14.1 Å². The first-order valence-electron chi connectivity index (χ1n) is 4.68. The zero-order chi connectivity index (χ0) is 11.4. The second kappa shape index (κ2) is 5.37. The monoisotopic (exact) mass is 218 g/mol. The van der Waals surface area contributed by atoms with Crippen LogP contribution in [0.3, 0.4) is 0 Å². The van der Waals surface area contributed by atoms with Crippen molar-refractivity contribution in [3.63, 3.8) is 0 Å². The summed E-state index contributed by atoms with van der Waals surface area (Å²) in [5.74, 6) is -0.206. The Labute approximate surface area is 91.1 Å². The largest absolute Gasteiger partial charge is 0.321 e. The lowest BCUT2D eigenvalue weighted by molar-refractivity contribution is -0.119. The fraction of sp³-hybridized carbons (Fsp3) is 0.700. The molecule has 3 nitrogen and oxygen atoms in total. The van der Waals surface area contributed by atoms with Gasteiger partial charge in [0.2, 0.25) is 5.91 Å². The zero-order valence-electron chi connectivity index (χ0n) is 9.35. The molecule has 0 aliphatic rings. The minimum Gasteiger partial charge on any atom is -0.321 e. The normalized spacial score (nSPS) is 15.0. The fourth-order valence-corrected chi connectivity index (χ4v) is 1.28. The topological polar surface area (TPSA) is 32.3 Å². The number of carbonyl (C=O) groups excluding carboxylic acids is 1. The van der Waals surface area contributed by atoms with E-state index in [4.69, 9.17) is 11.6 Å². The van der Waals surface area contributed by atoms with Crippen LogP contribution in [0.15, 0.2) is 12.2 Å². The van der Waals surface area contributed by atoms with Crippen LogP contribution in [0.5, 0.6) is 0 Å². The van der Waals surface area contributed by atoms with Crippen LogP contribution in [0.4, 0.5) is 0 Å². The number of rotatable bonds is 5. The van der Waals surface area contributed by atoms with Crippen molar-refractivity contribution in [3.05, 3.63) is 12.2 Å². The number of alkyl halides is 1. The molecular formula is C10H19ClN2O. The molecule has 0 aromatic heterocycles. The Morgan fingerprint density at radius 2 is 2.07 bits per heavy atom. The van der Waals surface area contributed by atoms with Gasteiger partial charge in [0.25, 0.3) is 0 Å². The lowest BCUT2D eigenvalue weighted by atomic mass is 10.2. The standard InChI is InChI=1S/C10H19ClN2O/c1-6-7-10(11,13(4)5)12-9(14)8(2)3/h2,6-7H2,1,3-5H3,(H,12,14). The molecule has 14 heavy (non-hydrogen) atoms. The van der Waals surface area contributed by atoms with Gasteiger partial charge in [-0.2, -0.15) is 0 Å². The maximum atomic E-state index is 11.4. The lowest BCUT2D eigenvalue weighted by Gasteiger charge is -2.34. The molecule has 0 spiro atoms. The van der Waals surface area contributed by atoms with Crippen molar-refractivity contribution >= 4 is 17.5 Å². The average Bonchev–Trinajstić information content (AvgIpc) is 2.03. The Morgan fingerprint density at radius 3 is 2.36 bits per heavy atom. The Balaban J connectivity index is 4.52. The molecule has 4 heteroatoms. The minimum atomic E-state index is -0.801. The predicted molar refractivity (Wildman–Crippen MR) is 60.1 cm³/mol. The molecule has 1 atom stereocenters. The van der Waals surface area contributed by atoms with Gasteiger partial charge in [-0.15, -0.1) is 0 Å². The van der Waals surface area contributed by atoms with Crippen molar-refractivity contribution in [1.29, 1.82) is 0 Å². The van der Waals surface area contributed by atoms with Gasteiger partial charge in [-0.1, -0.05) is 31.5 Å². The third-order valence-electron chi connectivity index (χ3n) is 1.98. The summed E-state index contributed by atoms with van der Waals surface area (Å²) in [4.78, 5) is 13.2. The number of carbonyl (C=O) groups is 1. The van der Waals surface area contributed by atoms with Gasteiger partial charge in [0.15, 0.2) is 5.12 Å². The van der Waals surface area contributed by atoms with Gasteiger partial charge in [0, 0.05) is 5.57 Å². The Hall–Kier alpha value is -0.540. The number of amides is 1. The quantitative estimate of drug-likeness (QED) is 0.331. The van der Waals surface area contributed by atoms with Gasteiger partial charge in [-0.25, -0.2) is 0 Å². The molecule has 0 aliphatic heterocycles. The van der Waals surface area contributed by atoms with E-state index >= 15 is 0 Å². The fourth-order valence-electron chi connectivity index (χ4n) is 1.01. The summed E-state index contributed by atoms with van der Waals surface area (Å²) in [6.07, 6.45) is 1.60. The second-order valence-electron chi connectivity index (χ2n) is 3.64. The highest BCUT2D eigenvalue weighted by Gasteiger charge is 2.30. The summed E-state index contributed by atoms with van der Waals surface area (Å²) in [6, 6.07) is 0. The van der Waals surface area contributed by atoms with E-state index in [-0.39, 0.29) is 5.91 Å². The van der Waals surface area contributed by atoms with E-state index < -0.39 is 5.12 Å². The summed E-state index contributed by atoms with van der Waals surface area (Å²) in [6.45, 7) is 7.25. The molecule has 1 N–H and O–H groups in total. The maximum Gasteiger partial charge on any atom is 0.248 e. The second-order valence-corrected chi connectivity index (χ2v) is 4.26. The summed E-state index contributed by atoms with van der Waals surface area (Å²) < 4.78 is 0. The first-order valence-corrected chi connectivity index (χ1v) is 5.05. The van der Waals surface area contributed by atoms with Crippen molar-refractivity contribution in [3.8, 4) is 0 Å².